The first kappa shape index (κ1) is 12.2. The lowest BCUT2D eigenvalue weighted by Crippen LogP contribution is -2.21. The summed E-state index contributed by atoms with van der Waals surface area (Å²) >= 11 is 3.43. The summed E-state index contributed by atoms with van der Waals surface area (Å²) in [5, 5.41) is 1.03. The van der Waals surface area contributed by atoms with Crippen LogP contribution in [0.4, 0.5) is 0 Å². The lowest BCUT2D eigenvalue weighted by molar-refractivity contribution is 0.0852. The summed E-state index contributed by atoms with van der Waals surface area (Å²) in [6.45, 7) is 5.70. The molecule has 0 spiro atoms. The Hall–Kier alpha value is -1.22. The third kappa shape index (κ3) is 2.39. The molecule has 1 heterocycles. The second kappa shape index (κ2) is 4.22. The SMILES string of the molecule is CC(C)(C)C(=O)c1nc2ccccc2cc1Br. The molecule has 3 heteroatoms. The molecule has 0 fully saturated rings. The Kier molecular flexibility index (Phi) is 3.04. The van der Waals surface area contributed by atoms with Crippen LogP contribution in [-0.4, -0.2) is 10.8 Å². The molecule has 0 N–H and O–H groups in total. The number of aromatic nitrogens is 1. The van der Waals surface area contributed by atoms with Gasteiger partial charge in [-0.25, -0.2) is 4.98 Å². The molecule has 0 saturated carbocycles. The van der Waals surface area contributed by atoms with Gasteiger partial charge in [-0.1, -0.05) is 39.0 Å². The average molecular weight is 292 g/mol. The van der Waals surface area contributed by atoms with Crippen molar-refractivity contribution in [1.29, 1.82) is 0 Å². The Labute approximate surface area is 109 Å². The van der Waals surface area contributed by atoms with Crippen molar-refractivity contribution in [3.63, 3.8) is 0 Å². The number of Topliss-reactive ketones (excluding diaryl/α,β-unsaturated/α-hetero) is 1. The minimum atomic E-state index is -0.419. The molecule has 1 aromatic heterocycles. The Morgan fingerprint density at radius 1 is 1.24 bits per heavy atom. The molecule has 0 aliphatic rings. The highest BCUT2D eigenvalue weighted by atomic mass is 79.9. The number of hydrogen-bond acceptors (Lipinski definition) is 2. The van der Waals surface area contributed by atoms with Crippen molar-refractivity contribution in [3.8, 4) is 0 Å². The molecule has 0 saturated heterocycles. The van der Waals surface area contributed by atoms with Crippen molar-refractivity contribution in [2.45, 2.75) is 20.8 Å². The van der Waals surface area contributed by atoms with Gasteiger partial charge < -0.3 is 0 Å². The maximum Gasteiger partial charge on any atom is 0.187 e. The van der Waals surface area contributed by atoms with Crippen molar-refractivity contribution >= 4 is 32.6 Å². The van der Waals surface area contributed by atoms with E-state index >= 15 is 0 Å². The summed E-state index contributed by atoms with van der Waals surface area (Å²) in [5.41, 5.74) is 0.942. The van der Waals surface area contributed by atoms with E-state index in [2.05, 4.69) is 20.9 Å². The topological polar surface area (TPSA) is 30.0 Å². The van der Waals surface area contributed by atoms with Crippen LogP contribution in [-0.2, 0) is 0 Å². The van der Waals surface area contributed by atoms with Crippen LogP contribution in [0.1, 0.15) is 31.3 Å². The number of fused-ring (bicyclic) bond motifs is 1. The van der Waals surface area contributed by atoms with Gasteiger partial charge in [-0.3, -0.25) is 4.79 Å². The van der Waals surface area contributed by atoms with Gasteiger partial charge in [0.2, 0.25) is 0 Å². The first-order valence-corrected chi connectivity index (χ1v) is 6.29. The molecule has 0 aliphatic carbocycles. The second-order valence-electron chi connectivity index (χ2n) is 5.09. The van der Waals surface area contributed by atoms with Crippen molar-refractivity contribution in [2.24, 2.45) is 5.41 Å². The van der Waals surface area contributed by atoms with Gasteiger partial charge in [0.15, 0.2) is 5.78 Å². The number of halogens is 1. The van der Waals surface area contributed by atoms with Crippen LogP contribution in [0.2, 0.25) is 0 Å². The van der Waals surface area contributed by atoms with E-state index in [1.54, 1.807) is 0 Å². The monoisotopic (exact) mass is 291 g/mol. The molecule has 0 bridgehead atoms. The molecule has 0 aliphatic heterocycles. The first-order chi connectivity index (χ1) is 7.89. The van der Waals surface area contributed by atoms with Crippen LogP contribution < -0.4 is 0 Å². The number of benzene rings is 1. The number of para-hydroxylation sites is 1. The van der Waals surface area contributed by atoms with Crippen molar-refractivity contribution in [1.82, 2.24) is 4.98 Å². The summed E-state index contributed by atoms with van der Waals surface area (Å²) in [6, 6.07) is 9.73. The fourth-order valence-corrected chi connectivity index (χ4v) is 2.12. The molecule has 88 valence electrons. The molecule has 2 rings (SSSR count). The minimum Gasteiger partial charge on any atom is -0.292 e. The Morgan fingerprint density at radius 3 is 2.53 bits per heavy atom. The van der Waals surface area contributed by atoms with Crippen molar-refractivity contribution < 1.29 is 4.79 Å². The Bertz CT molecular complexity index is 584. The van der Waals surface area contributed by atoms with E-state index < -0.39 is 5.41 Å². The van der Waals surface area contributed by atoms with E-state index in [1.165, 1.54) is 0 Å². The zero-order valence-electron chi connectivity index (χ0n) is 10.1. The highest BCUT2D eigenvalue weighted by Crippen LogP contribution is 2.27. The minimum absolute atomic E-state index is 0.0510. The van der Waals surface area contributed by atoms with Gasteiger partial charge in [0.25, 0.3) is 0 Å². The van der Waals surface area contributed by atoms with Crippen LogP contribution in [0.25, 0.3) is 10.9 Å². The zero-order valence-corrected chi connectivity index (χ0v) is 11.7. The van der Waals surface area contributed by atoms with Crippen LogP contribution in [0.3, 0.4) is 0 Å². The van der Waals surface area contributed by atoms with Gasteiger partial charge in [0, 0.05) is 15.3 Å². The third-order valence-electron chi connectivity index (χ3n) is 2.57. The smallest absolute Gasteiger partial charge is 0.187 e. The summed E-state index contributed by atoms with van der Waals surface area (Å²) in [7, 11) is 0. The molecule has 0 amide bonds. The highest BCUT2D eigenvalue weighted by molar-refractivity contribution is 9.10. The molecule has 2 aromatic rings. The fraction of sp³-hybridized carbons (Fsp3) is 0.286. The van der Waals surface area contributed by atoms with Crippen molar-refractivity contribution in [2.75, 3.05) is 0 Å². The number of carbonyl (C=O) groups is 1. The molecule has 0 atom stereocenters. The van der Waals surface area contributed by atoms with Crippen molar-refractivity contribution in [3.05, 3.63) is 40.5 Å². The maximum absolute atomic E-state index is 12.2. The largest absolute Gasteiger partial charge is 0.292 e. The summed E-state index contributed by atoms with van der Waals surface area (Å²) in [6.07, 6.45) is 0. The number of nitrogens with zero attached hydrogens (tertiary/aromatic N) is 1. The number of hydrogen-bond donors (Lipinski definition) is 0. The van der Waals surface area contributed by atoms with Crippen LogP contribution in [0.15, 0.2) is 34.8 Å². The van der Waals surface area contributed by atoms with E-state index in [0.29, 0.717) is 5.69 Å². The number of ketones is 1. The van der Waals surface area contributed by atoms with Gasteiger partial charge in [0.1, 0.15) is 5.69 Å². The molecular formula is C14H14BrNO. The van der Waals surface area contributed by atoms with Gasteiger partial charge >= 0.3 is 0 Å². The molecular weight excluding hydrogens is 278 g/mol. The number of rotatable bonds is 1. The highest BCUT2D eigenvalue weighted by Gasteiger charge is 2.26. The second-order valence-corrected chi connectivity index (χ2v) is 5.94. The molecule has 1 aromatic carbocycles. The van der Waals surface area contributed by atoms with E-state index in [-0.39, 0.29) is 5.78 Å². The normalized spacial score (nSPS) is 11.8. The Morgan fingerprint density at radius 2 is 1.88 bits per heavy atom. The van der Waals surface area contributed by atoms with Gasteiger partial charge in [-0.15, -0.1) is 0 Å². The first-order valence-electron chi connectivity index (χ1n) is 5.50. The molecule has 0 radical (unpaired) electrons. The van der Waals surface area contributed by atoms with Gasteiger partial charge in [-0.05, 0) is 28.1 Å². The summed E-state index contributed by atoms with van der Waals surface area (Å²) < 4.78 is 0.760. The van der Waals surface area contributed by atoms with Crippen LogP contribution >= 0.6 is 15.9 Å². The van der Waals surface area contributed by atoms with Crippen LogP contribution in [0.5, 0.6) is 0 Å². The van der Waals surface area contributed by atoms with Crippen LogP contribution in [0, 0.1) is 5.41 Å². The predicted molar refractivity (Wildman–Crippen MR) is 73.2 cm³/mol. The standard InChI is InChI=1S/C14H14BrNO/c1-14(2,3)13(17)12-10(15)8-9-6-4-5-7-11(9)16-12/h4-8H,1-3H3. The average Bonchev–Trinajstić information content (AvgIpc) is 2.26. The van der Waals surface area contributed by atoms with Gasteiger partial charge in [0.05, 0.1) is 5.52 Å². The zero-order chi connectivity index (χ0) is 12.6. The van der Waals surface area contributed by atoms with E-state index in [1.807, 2.05) is 51.1 Å². The lowest BCUT2D eigenvalue weighted by Gasteiger charge is -2.17. The summed E-state index contributed by atoms with van der Waals surface area (Å²) in [5.74, 6) is 0.0510. The van der Waals surface area contributed by atoms with Gasteiger partial charge in [-0.2, -0.15) is 0 Å². The van der Waals surface area contributed by atoms with E-state index in [9.17, 15) is 4.79 Å². The third-order valence-corrected chi connectivity index (χ3v) is 3.18. The lowest BCUT2D eigenvalue weighted by atomic mass is 9.88. The molecule has 2 nitrogen and oxygen atoms in total. The predicted octanol–water partition coefficient (Wildman–Crippen LogP) is 4.23. The Balaban J connectivity index is 2.63. The molecule has 0 unspecified atom stereocenters. The number of pyridine rings is 1. The fourth-order valence-electron chi connectivity index (χ4n) is 1.60. The van der Waals surface area contributed by atoms with E-state index in [4.69, 9.17) is 0 Å². The number of carbonyl (C=O) groups excluding carboxylic acids is 1. The summed E-state index contributed by atoms with van der Waals surface area (Å²) in [4.78, 5) is 16.7. The molecule has 17 heavy (non-hydrogen) atoms. The van der Waals surface area contributed by atoms with E-state index in [0.717, 1.165) is 15.4 Å². The quantitative estimate of drug-likeness (QED) is 0.736. The maximum atomic E-state index is 12.2.